The molecule has 0 bridgehead atoms. The molecule has 0 aliphatic rings. The molecule has 6 heteroatoms. The number of carboxylic acids is 1. The molecule has 0 saturated carbocycles. The second kappa shape index (κ2) is 7.72. The van der Waals surface area contributed by atoms with Crippen LogP contribution in [0.3, 0.4) is 0 Å². The van der Waals surface area contributed by atoms with Crippen molar-refractivity contribution in [1.82, 2.24) is 4.98 Å². The van der Waals surface area contributed by atoms with Gasteiger partial charge >= 0.3 is 5.97 Å². The summed E-state index contributed by atoms with van der Waals surface area (Å²) in [7, 11) is 0. The Morgan fingerprint density at radius 1 is 1.12 bits per heavy atom. The van der Waals surface area contributed by atoms with Gasteiger partial charge in [0.15, 0.2) is 0 Å². The molecule has 2 N–H and O–H groups in total. The molecule has 2 aromatic carbocycles. The Bertz CT molecular complexity index is 890. The molecule has 0 atom stereocenters. The first kappa shape index (κ1) is 16.9. The van der Waals surface area contributed by atoms with Crippen LogP contribution < -0.4 is 5.43 Å². The third-order valence-electron chi connectivity index (χ3n) is 3.57. The summed E-state index contributed by atoms with van der Waals surface area (Å²) < 4.78 is 0. The lowest BCUT2D eigenvalue weighted by atomic mass is 10.1. The van der Waals surface area contributed by atoms with Crippen molar-refractivity contribution in [1.29, 1.82) is 0 Å². The van der Waals surface area contributed by atoms with Crippen molar-refractivity contribution in [3.8, 4) is 11.3 Å². The van der Waals surface area contributed by atoms with E-state index in [2.05, 4.69) is 15.5 Å². The van der Waals surface area contributed by atoms with E-state index in [4.69, 9.17) is 5.11 Å². The van der Waals surface area contributed by atoms with Gasteiger partial charge in [-0.1, -0.05) is 72.0 Å². The Morgan fingerprint density at radius 3 is 2.40 bits per heavy atom. The topological polar surface area (TPSA) is 74.6 Å². The van der Waals surface area contributed by atoms with Gasteiger partial charge in [0.25, 0.3) is 0 Å². The number of nitrogens with zero attached hydrogens (tertiary/aromatic N) is 2. The van der Waals surface area contributed by atoms with Crippen molar-refractivity contribution in [2.75, 3.05) is 5.43 Å². The van der Waals surface area contributed by atoms with E-state index < -0.39 is 5.97 Å². The molecule has 0 radical (unpaired) electrons. The fourth-order valence-corrected chi connectivity index (χ4v) is 3.27. The summed E-state index contributed by atoms with van der Waals surface area (Å²) >= 11 is 1.31. The van der Waals surface area contributed by atoms with Gasteiger partial charge in [0.2, 0.25) is 5.13 Å². The van der Waals surface area contributed by atoms with Gasteiger partial charge in [0.1, 0.15) is 0 Å². The SMILES string of the molecule is C/C(=N\Nc1nc(-c2ccccc2)c(CC(=O)O)s1)c1ccccc1. The highest BCUT2D eigenvalue weighted by atomic mass is 32.1. The molecular formula is C19H17N3O2S. The maximum absolute atomic E-state index is 11.1. The number of aliphatic carboxylic acids is 1. The molecule has 0 amide bonds. The number of rotatable bonds is 6. The third-order valence-corrected chi connectivity index (χ3v) is 4.53. The van der Waals surface area contributed by atoms with Crippen LogP contribution in [0.2, 0.25) is 0 Å². The van der Waals surface area contributed by atoms with Crippen molar-refractivity contribution in [3.63, 3.8) is 0 Å². The van der Waals surface area contributed by atoms with Gasteiger partial charge in [-0.2, -0.15) is 5.10 Å². The van der Waals surface area contributed by atoms with Crippen LogP contribution >= 0.6 is 11.3 Å². The van der Waals surface area contributed by atoms with Crippen LogP contribution in [0.5, 0.6) is 0 Å². The van der Waals surface area contributed by atoms with Gasteiger partial charge in [0.05, 0.1) is 17.8 Å². The minimum absolute atomic E-state index is 0.0645. The number of carbonyl (C=O) groups is 1. The van der Waals surface area contributed by atoms with E-state index in [1.54, 1.807) is 0 Å². The van der Waals surface area contributed by atoms with Crippen LogP contribution in [-0.2, 0) is 11.2 Å². The van der Waals surface area contributed by atoms with Crippen molar-refractivity contribution in [2.24, 2.45) is 5.10 Å². The predicted octanol–water partition coefficient (Wildman–Crippen LogP) is 4.27. The monoisotopic (exact) mass is 351 g/mol. The minimum atomic E-state index is -0.878. The zero-order valence-electron chi connectivity index (χ0n) is 13.6. The Labute approximate surface area is 149 Å². The Kier molecular flexibility index (Phi) is 5.20. The summed E-state index contributed by atoms with van der Waals surface area (Å²) in [5.41, 5.74) is 6.37. The van der Waals surface area contributed by atoms with Gasteiger partial charge in [-0.05, 0) is 12.5 Å². The standard InChI is InChI=1S/C19H17N3O2S/c1-13(14-8-4-2-5-9-14)21-22-19-20-18(15-10-6-3-7-11-15)16(25-19)12-17(23)24/h2-11H,12H2,1H3,(H,20,22)(H,23,24)/b21-13+. The van der Waals surface area contributed by atoms with Crippen molar-refractivity contribution in [3.05, 3.63) is 71.1 Å². The molecule has 0 spiro atoms. The number of benzene rings is 2. The summed E-state index contributed by atoms with van der Waals surface area (Å²) in [6.07, 6.45) is -0.0645. The predicted molar refractivity (Wildman–Crippen MR) is 101 cm³/mol. The fourth-order valence-electron chi connectivity index (χ4n) is 2.35. The lowest BCUT2D eigenvalue weighted by molar-refractivity contribution is -0.136. The number of hydrazone groups is 1. The Balaban J connectivity index is 1.87. The molecule has 25 heavy (non-hydrogen) atoms. The van der Waals surface area contributed by atoms with E-state index in [0.29, 0.717) is 15.7 Å². The van der Waals surface area contributed by atoms with Crippen LogP contribution in [0, 0.1) is 0 Å². The van der Waals surface area contributed by atoms with E-state index in [9.17, 15) is 4.79 Å². The van der Waals surface area contributed by atoms with E-state index in [1.165, 1.54) is 11.3 Å². The summed E-state index contributed by atoms with van der Waals surface area (Å²) in [4.78, 5) is 16.4. The molecule has 1 aromatic heterocycles. The van der Waals surface area contributed by atoms with Crippen LogP contribution in [0.15, 0.2) is 65.8 Å². The van der Waals surface area contributed by atoms with Gasteiger partial charge < -0.3 is 5.11 Å². The molecule has 0 saturated heterocycles. The molecule has 3 aromatic rings. The fraction of sp³-hybridized carbons (Fsp3) is 0.105. The normalized spacial score (nSPS) is 11.3. The number of carboxylic acid groups (broad SMARTS) is 1. The molecule has 5 nitrogen and oxygen atoms in total. The van der Waals surface area contributed by atoms with Crippen molar-refractivity contribution >= 4 is 28.1 Å². The van der Waals surface area contributed by atoms with E-state index in [1.807, 2.05) is 67.6 Å². The highest BCUT2D eigenvalue weighted by Gasteiger charge is 2.15. The highest BCUT2D eigenvalue weighted by molar-refractivity contribution is 7.16. The number of thiazole rings is 1. The first-order valence-electron chi connectivity index (χ1n) is 7.76. The number of aromatic nitrogens is 1. The van der Waals surface area contributed by atoms with Crippen molar-refractivity contribution < 1.29 is 9.90 Å². The molecule has 0 fully saturated rings. The van der Waals surface area contributed by atoms with Gasteiger partial charge in [-0.3, -0.25) is 10.2 Å². The van der Waals surface area contributed by atoms with Gasteiger partial charge in [0, 0.05) is 10.4 Å². The Hall–Kier alpha value is -2.99. The van der Waals surface area contributed by atoms with E-state index in [0.717, 1.165) is 16.8 Å². The van der Waals surface area contributed by atoms with Gasteiger partial charge in [-0.15, -0.1) is 0 Å². The summed E-state index contributed by atoms with van der Waals surface area (Å²) in [5.74, 6) is -0.878. The summed E-state index contributed by atoms with van der Waals surface area (Å²) in [6, 6.07) is 19.4. The first-order chi connectivity index (χ1) is 12.1. The second-order valence-corrected chi connectivity index (χ2v) is 6.49. The summed E-state index contributed by atoms with van der Waals surface area (Å²) in [6.45, 7) is 1.91. The second-order valence-electron chi connectivity index (χ2n) is 5.40. The molecule has 0 aliphatic heterocycles. The van der Waals surface area contributed by atoms with Gasteiger partial charge in [-0.25, -0.2) is 4.98 Å². The smallest absolute Gasteiger partial charge is 0.308 e. The number of anilines is 1. The minimum Gasteiger partial charge on any atom is -0.481 e. The maximum Gasteiger partial charge on any atom is 0.308 e. The van der Waals surface area contributed by atoms with Crippen molar-refractivity contribution in [2.45, 2.75) is 13.3 Å². The molecule has 3 rings (SSSR count). The lowest BCUT2D eigenvalue weighted by Crippen LogP contribution is -1.99. The number of nitrogens with one attached hydrogen (secondary N) is 1. The van der Waals surface area contributed by atoms with E-state index >= 15 is 0 Å². The molecule has 0 unspecified atom stereocenters. The average Bonchev–Trinajstić information content (AvgIpc) is 3.03. The molecule has 0 aliphatic carbocycles. The number of hydrogen-bond acceptors (Lipinski definition) is 5. The first-order valence-corrected chi connectivity index (χ1v) is 8.58. The maximum atomic E-state index is 11.1. The summed E-state index contributed by atoms with van der Waals surface area (Å²) in [5, 5.41) is 14.1. The Morgan fingerprint density at radius 2 is 1.76 bits per heavy atom. The quantitative estimate of drug-likeness (QED) is 0.514. The largest absolute Gasteiger partial charge is 0.481 e. The van der Waals surface area contributed by atoms with Crippen LogP contribution in [-0.4, -0.2) is 21.8 Å². The molecule has 126 valence electrons. The van der Waals surface area contributed by atoms with Crippen LogP contribution in [0.25, 0.3) is 11.3 Å². The zero-order chi connectivity index (χ0) is 17.6. The van der Waals surface area contributed by atoms with E-state index in [-0.39, 0.29) is 6.42 Å². The van der Waals surface area contributed by atoms with Crippen LogP contribution in [0.1, 0.15) is 17.4 Å². The lowest BCUT2D eigenvalue weighted by Gasteiger charge is -2.00. The molecular weight excluding hydrogens is 334 g/mol. The third kappa shape index (κ3) is 4.30. The number of hydrogen-bond donors (Lipinski definition) is 2. The van der Waals surface area contributed by atoms with Crippen LogP contribution in [0.4, 0.5) is 5.13 Å². The highest BCUT2D eigenvalue weighted by Crippen LogP contribution is 2.31. The zero-order valence-corrected chi connectivity index (χ0v) is 14.5. The molecule has 1 heterocycles. The average molecular weight is 351 g/mol.